The van der Waals surface area contributed by atoms with Crippen molar-refractivity contribution in [3.05, 3.63) is 24.0 Å². The molecule has 0 aromatic carbocycles. The van der Waals surface area contributed by atoms with E-state index in [1.807, 2.05) is 19.9 Å². The molecule has 0 aliphatic rings. The van der Waals surface area contributed by atoms with Gasteiger partial charge in [0.25, 0.3) is 0 Å². The molecule has 0 aromatic heterocycles. The highest BCUT2D eigenvalue weighted by Gasteiger charge is 2.16. The second-order valence-electron chi connectivity index (χ2n) is 3.66. The molecule has 0 saturated heterocycles. The maximum Gasteiger partial charge on any atom is 0.241 e. The van der Waals surface area contributed by atoms with Crippen molar-refractivity contribution in [2.45, 2.75) is 33.5 Å². The molecule has 1 nitrogen and oxygen atoms in total. The molecule has 0 amide bonds. The maximum absolute atomic E-state index is 5.74. The van der Waals surface area contributed by atoms with Crippen LogP contribution >= 0.6 is 0 Å². The van der Waals surface area contributed by atoms with E-state index in [0.717, 1.165) is 11.3 Å². The topological polar surface area (TPSA) is 9.23 Å². The average Bonchev–Trinajstić information content (AvgIpc) is 1.82. The fraction of sp³-hybridized carbons (Fsp3) is 0.556. The molecule has 0 N–H and O–H groups in total. The summed E-state index contributed by atoms with van der Waals surface area (Å²) in [5, 5.41) is 0. The Labute approximate surface area is 70.9 Å². The SMILES string of the molecule is C=C/C(C)=C(\C)O[Si](C)(C)C. The number of hydrogen-bond donors (Lipinski definition) is 0. The lowest BCUT2D eigenvalue weighted by Gasteiger charge is -2.20. The molecular weight excluding hydrogens is 152 g/mol. The summed E-state index contributed by atoms with van der Waals surface area (Å²) in [6, 6.07) is 0. The van der Waals surface area contributed by atoms with Gasteiger partial charge in [0.2, 0.25) is 8.32 Å². The predicted octanol–water partition coefficient (Wildman–Crippen LogP) is 3.32. The molecule has 0 rings (SSSR count). The Morgan fingerprint density at radius 1 is 1.27 bits per heavy atom. The number of rotatable bonds is 3. The van der Waals surface area contributed by atoms with Gasteiger partial charge in [-0.3, -0.25) is 0 Å². The molecule has 64 valence electrons. The van der Waals surface area contributed by atoms with Crippen LogP contribution in [0.3, 0.4) is 0 Å². The van der Waals surface area contributed by atoms with Gasteiger partial charge in [-0.1, -0.05) is 12.7 Å². The van der Waals surface area contributed by atoms with Gasteiger partial charge >= 0.3 is 0 Å². The molecule has 0 aliphatic heterocycles. The van der Waals surface area contributed by atoms with E-state index in [1.165, 1.54) is 0 Å². The third kappa shape index (κ3) is 4.84. The van der Waals surface area contributed by atoms with Crippen molar-refractivity contribution in [1.29, 1.82) is 0 Å². The van der Waals surface area contributed by atoms with E-state index >= 15 is 0 Å². The zero-order valence-corrected chi connectivity index (χ0v) is 9.19. The Morgan fingerprint density at radius 3 is 2.00 bits per heavy atom. The lowest BCUT2D eigenvalue weighted by atomic mass is 10.3. The molecule has 0 saturated carbocycles. The third-order valence-electron chi connectivity index (χ3n) is 1.32. The van der Waals surface area contributed by atoms with E-state index in [4.69, 9.17) is 4.43 Å². The largest absolute Gasteiger partial charge is 0.547 e. The van der Waals surface area contributed by atoms with Crippen molar-refractivity contribution >= 4 is 8.32 Å². The van der Waals surface area contributed by atoms with Crippen LogP contribution in [0.5, 0.6) is 0 Å². The summed E-state index contributed by atoms with van der Waals surface area (Å²) in [4.78, 5) is 0. The minimum Gasteiger partial charge on any atom is -0.547 e. The molecule has 0 unspecified atom stereocenters. The first-order valence-electron chi connectivity index (χ1n) is 3.86. The van der Waals surface area contributed by atoms with Crippen molar-refractivity contribution < 1.29 is 4.43 Å². The van der Waals surface area contributed by atoms with Gasteiger partial charge in [-0.05, 0) is 39.1 Å². The minimum absolute atomic E-state index is 1.01. The molecule has 0 spiro atoms. The summed E-state index contributed by atoms with van der Waals surface area (Å²) in [6.07, 6.45) is 1.83. The van der Waals surface area contributed by atoms with E-state index in [9.17, 15) is 0 Å². The zero-order chi connectivity index (χ0) is 9.07. The van der Waals surface area contributed by atoms with Gasteiger partial charge in [-0.2, -0.15) is 0 Å². The Morgan fingerprint density at radius 2 is 1.73 bits per heavy atom. The van der Waals surface area contributed by atoms with Crippen LogP contribution in [-0.2, 0) is 4.43 Å². The highest BCUT2D eigenvalue weighted by atomic mass is 28.4. The van der Waals surface area contributed by atoms with Crippen LogP contribution in [0.1, 0.15) is 13.8 Å². The van der Waals surface area contributed by atoms with Gasteiger partial charge in [-0.25, -0.2) is 0 Å². The minimum atomic E-state index is -1.40. The Balaban J connectivity index is 4.28. The van der Waals surface area contributed by atoms with Crippen molar-refractivity contribution in [3.63, 3.8) is 0 Å². The number of allylic oxidation sites excluding steroid dienone is 3. The standard InChI is InChI=1S/C9H18OSi/c1-7-8(2)9(3)10-11(4,5)6/h7H,1H2,2-6H3/b9-8+. The van der Waals surface area contributed by atoms with Gasteiger partial charge in [0, 0.05) is 0 Å². The second-order valence-corrected chi connectivity index (χ2v) is 8.09. The van der Waals surface area contributed by atoms with E-state index in [1.54, 1.807) is 0 Å². The van der Waals surface area contributed by atoms with Gasteiger partial charge in [0.05, 0.1) is 5.76 Å². The van der Waals surface area contributed by atoms with E-state index in [-0.39, 0.29) is 0 Å². The summed E-state index contributed by atoms with van der Waals surface area (Å²) in [6.45, 7) is 14.2. The van der Waals surface area contributed by atoms with Crippen molar-refractivity contribution in [2.75, 3.05) is 0 Å². The fourth-order valence-corrected chi connectivity index (χ4v) is 1.76. The highest BCUT2D eigenvalue weighted by molar-refractivity contribution is 6.70. The van der Waals surface area contributed by atoms with Crippen molar-refractivity contribution in [2.24, 2.45) is 0 Å². The molecular formula is C9H18OSi. The van der Waals surface area contributed by atoms with Crippen molar-refractivity contribution in [3.8, 4) is 0 Å². The molecule has 0 aliphatic carbocycles. The maximum atomic E-state index is 5.74. The number of hydrogen-bond acceptors (Lipinski definition) is 1. The van der Waals surface area contributed by atoms with Crippen LogP contribution in [0.25, 0.3) is 0 Å². The van der Waals surface area contributed by atoms with Crippen LogP contribution in [-0.4, -0.2) is 8.32 Å². The summed E-state index contributed by atoms with van der Waals surface area (Å²) in [7, 11) is -1.40. The van der Waals surface area contributed by atoms with Crippen LogP contribution in [0, 0.1) is 0 Å². The fourth-order valence-electron chi connectivity index (χ4n) is 0.684. The van der Waals surface area contributed by atoms with Gasteiger partial charge in [0.15, 0.2) is 0 Å². The lowest BCUT2D eigenvalue weighted by molar-refractivity contribution is 0.419. The van der Waals surface area contributed by atoms with Gasteiger partial charge < -0.3 is 4.43 Å². The Hall–Kier alpha value is -0.503. The quantitative estimate of drug-likeness (QED) is 0.359. The molecule has 11 heavy (non-hydrogen) atoms. The van der Waals surface area contributed by atoms with Crippen LogP contribution < -0.4 is 0 Å². The highest BCUT2D eigenvalue weighted by Crippen LogP contribution is 2.13. The normalized spacial score (nSPS) is 13.9. The summed E-state index contributed by atoms with van der Waals surface area (Å²) in [5.74, 6) is 1.01. The summed E-state index contributed by atoms with van der Waals surface area (Å²) >= 11 is 0. The van der Waals surface area contributed by atoms with Crippen LogP contribution in [0.15, 0.2) is 24.0 Å². The smallest absolute Gasteiger partial charge is 0.241 e. The zero-order valence-electron chi connectivity index (χ0n) is 8.19. The van der Waals surface area contributed by atoms with Crippen LogP contribution in [0.4, 0.5) is 0 Å². The lowest BCUT2D eigenvalue weighted by Crippen LogP contribution is -2.24. The van der Waals surface area contributed by atoms with E-state index in [2.05, 4.69) is 26.2 Å². The molecule has 0 fully saturated rings. The molecule has 2 heteroatoms. The van der Waals surface area contributed by atoms with E-state index in [0.29, 0.717) is 0 Å². The molecule has 0 bridgehead atoms. The molecule has 0 aromatic rings. The Bertz CT molecular complexity index is 174. The first-order valence-corrected chi connectivity index (χ1v) is 7.26. The van der Waals surface area contributed by atoms with E-state index < -0.39 is 8.32 Å². The third-order valence-corrected chi connectivity index (χ3v) is 2.24. The molecule has 0 atom stereocenters. The predicted molar refractivity (Wildman–Crippen MR) is 53.0 cm³/mol. The van der Waals surface area contributed by atoms with Gasteiger partial charge in [-0.15, -0.1) is 0 Å². The average molecular weight is 170 g/mol. The first kappa shape index (κ1) is 10.5. The molecule has 0 heterocycles. The monoisotopic (exact) mass is 170 g/mol. The van der Waals surface area contributed by atoms with Gasteiger partial charge in [0.1, 0.15) is 0 Å². The molecule has 0 radical (unpaired) electrons. The Kier molecular flexibility index (Phi) is 3.59. The summed E-state index contributed by atoms with van der Waals surface area (Å²) < 4.78 is 5.74. The summed E-state index contributed by atoms with van der Waals surface area (Å²) in [5.41, 5.74) is 1.13. The van der Waals surface area contributed by atoms with Crippen LogP contribution in [0.2, 0.25) is 19.6 Å². The van der Waals surface area contributed by atoms with Crippen molar-refractivity contribution in [1.82, 2.24) is 0 Å². The first-order chi connectivity index (χ1) is 4.87. The second kappa shape index (κ2) is 3.76.